The molecule has 1 aromatic carbocycles. The first-order chi connectivity index (χ1) is 10.6. The number of benzene rings is 1. The van der Waals surface area contributed by atoms with Gasteiger partial charge in [-0.3, -0.25) is 10.4 Å². The van der Waals surface area contributed by atoms with Gasteiger partial charge < -0.3 is 10.1 Å². The first kappa shape index (κ1) is 15.9. The zero-order valence-corrected chi connectivity index (χ0v) is 12.7. The third-order valence-corrected chi connectivity index (χ3v) is 2.96. The van der Waals surface area contributed by atoms with Gasteiger partial charge in [0.25, 0.3) is 0 Å². The molecule has 0 aliphatic carbocycles. The minimum absolute atomic E-state index is 0.100. The van der Waals surface area contributed by atoms with Gasteiger partial charge in [0.1, 0.15) is 11.6 Å². The number of hydrogen-bond acceptors (Lipinski definition) is 4. The third-order valence-electron chi connectivity index (χ3n) is 2.76. The van der Waals surface area contributed by atoms with Gasteiger partial charge >= 0.3 is 6.09 Å². The minimum atomic E-state index is -0.625. The van der Waals surface area contributed by atoms with Crippen LogP contribution in [-0.2, 0) is 11.2 Å². The molecule has 0 bridgehead atoms. The van der Waals surface area contributed by atoms with E-state index in [2.05, 4.69) is 20.8 Å². The highest BCUT2D eigenvalue weighted by molar-refractivity contribution is 7.80. The monoisotopic (exact) mass is 322 g/mol. The maximum absolute atomic E-state index is 12.9. The molecule has 0 fully saturated rings. The number of rotatable bonds is 4. The van der Waals surface area contributed by atoms with Crippen molar-refractivity contribution in [3.8, 4) is 0 Å². The Balaban J connectivity index is 1.98. The molecule has 6 nitrogen and oxygen atoms in total. The Bertz CT molecular complexity index is 657. The van der Waals surface area contributed by atoms with E-state index in [1.54, 1.807) is 25.3 Å². The Morgan fingerprint density at radius 2 is 2.14 bits per heavy atom. The number of nitrogens with zero attached hydrogens (tertiary/aromatic N) is 1. The van der Waals surface area contributed by atoms with Crippen LogP contribution in [0.3, 0.4) is 0 Å². The van der Waals surface area contributed by atoms with E-state index >= 15 is 0 Å². The molecule has 0 aliphatic rings. The molecule has 0 saturated heterocycles. The highest BCUT2D eigenvalue weighted by atomic mass is 32.1. The second-order valence-electron chi connectivity index (χ2n) is 4.37. The summed E-state index contributed by atoms with van der Waals surface area (Å²) in [6, 6.07) is 6.19. The van der Waals surface area contributed by atoms with Crippen LogP contribution in [-0.4, -0.2) is 28.0 Å². The summed E-state index contributed by atoms with van der Waals surface area (Å²) in [5.41, 5.74) is 1.76. The number of alkyl carbamates (subject to hydrolysis) is 1. The Kier molecular flexibility index (Phi) is 5.42. The molecular weight excluding hydrogens is 307 g/mol. The quantitative estimate of drug-likeness (QED) is 0.754. The normalized spacial score (nSPS) is 10.1. The Morgan fingerprint density at radius 1 is 1.41 bits per heavy atom. The second-order valence-corrected chi connectivity index (χ2v) is 4.78. The summed E-state index contributed by atoms with van der Waals surface area (Å²) in [6.45, 7) is 1.96. The van der Waals surface area contributed by atoms with Crippen molar-refractivity contribution < 1.29 is 13.9 Å². The molecule has 0 aliphatic heterocycles. The number of carbonyl (C=O) groups excluding carboxylic acids is 1. The van der Waals surface area contributed by atoms with Crippen molar-refractivity contribution in [3.05, 3.63) is 47.4 Å². The molecule has 1 amide bonds. The largest absolute Gasteiger partial charge is 0.450 e. The topological polar surface area (TPSA) is 79.0 Å². The maximum atomic E-state index is 12.9. The first-order valence-electron chi connectivity index (χ1n) is 6.60. The van der Waals surface area contributed by atoms with Gasteiger partial charge in [-0.05, 0) is 36.8 Å². The van der Waals surface area contributed by atoms with Gasteiger partial charge in [0.05, 0.1) is 12.8 Å². The van der Waals surface area contributed by atoms with Crippen LogP contribution < -0.4 is 10.6 Å². The molecule has 0 unspecified atom stereocenters. The molecule has 2 aromatic rings. The van der Waals surface area contributed by atoms with E-state index in [9.17, 15) is 9.18 Å². The van der Waals surface area contributed by atoms with E-state index in [0.717, 1.165) is 11.1 Å². The molecule has 8 heteroatoms. The minimum Gasteiger partial charge on any atom is -0.450 e. The predicted molar refractivity (Wildman–Crippen MR) is 84.2 cm³/mol. The van der Waals surface area contributed by atoms with Gasteiger partial charge in [-0.15, -0.1) is 0 Å². The summed E-state index contributed by atoms with van der Waals surface area (Å²) in [5, 5.41) is 12.0. The number of aromatic amines is 1. The van der Waals surface area contributed by atoms with Crippen LogP contribution in [0.4, 0.5) is 15.0 Å². The van der Waals surface area contributed by atoms with Gasteiger partial charge in [0, 0.05) is 12.0 Å². The van der Waals surface area contributed by atoms with Gasteiger partial charge in [-0.25, -0.2) is 9.18 Å². The van der Waals surface area contributed by atoms with Crippen molar-refractivity contribution >= 4 is 29.2 Å². The van der Waals surface area contributed by atoms with Crippen LogP contribution >= 0.6 is 12.2 Å². The fourth-order valence-electron chi connectivity index (χ4n) is 1.78. The van der Waals surface area contributed by atoms with Crippen molar-refractivity contribution in [1.29, 1.82) is 0 Å². The van der Waals surface area contributed by atoms with E-state index in [4.69, 9.17) is 17.0 Å². The maximum Gasteiger partial charge on any atom is 0.413 e. The third kappa shape index (κ3) is 4.52. The van der Waals surface area contributed by atoms with Crippen molar-refractivity contribution in [3.63, 3.8) is 0 Å². The summed E-state index contributed by atoms with van der Waals surface area (Å²) < 4.78 is 17.6. The summed E-state index contributed by atoms with van der Waals surface area (Å²) >= 11 is 5.01. The number of hydrogen-bond donors (Lipinski definition) is 3. The van der Waals surface area contributed by atoms with Crippen LogP contribution in [0.25, 0.3) is 0 Å². The van der Waals surface area contributed by atoms with E-state index in [1.807, 2.05) is 0 Å². The smallest absolute Gasteiger partial charge is 0.413 e. The zero-order valence-electron chi connectivity index (χ0n) is 11.9. The number of anilines is 1. The number of carbonyl (C=O) groups is 1. The molecule has 1 heterocycles. The summed E-state index contributed by atoms with van der Waals surface area (Å²) in [6.07, 6.45) is 1.55. The van der Waals surface area contributed by atoms with E-state index in [0.29, 0.717) is 12.2 Å². The average Bonchev–Trinajstić information content (AvgIpc) is 2.88. The lowest BCUT2D eigenvalue weighted by Crippen LogP contribution is -2.34. The fraction of sp³-hybridized carbons (Fsp3) is 0.214. The standard InChI is InChI=1S/C14H15FN4O2S/c1-2-21-14(20)18-13(22)17-12-10(8-16-19-12)7-9-3-5-11(15)6-4-9/h3-6,8H,2,7H2,1H3,(H3,16,17,18,19,20,22). The predicted octanol–water partition coefficient (Wildman–Crippen LogP) is 2.58. The molecule has 116 valence electrons. The van der Waals surface area contributed by atoms with Gasteiger partial charge in [0.15, 0.2) is 5.11 Å². The van der Waals surface area contributed by atoms with Gasteiger partial charge in [0.2, 0.25) is 0 Å². The van der Waals surface area contributed by atoms with Crippen molar-refractivity contribution in [2.45, 2.75) is 13.3 Å². The van der Waals surface area contributed by atoms with Crippen LogP contribution in [0.2, 0.25) is 0 Å². The molecule has 1 aromatic heterocycles. The van der Waals surface area contributed by atoms with Crippen LogP contribution in [0.15, 0.2) is 30.5 Å². The Hall–Kier alpha value is -2.48. The van der Waals surface area contributed by atoms with Gasteiger partial charge in [-0.2, -0.15) is 5.10 Å². The highest BCUT2D eigenvalue weighted by Gasteiger charge is 2.10. The van der Waals surface area contributed by atoms with E-state index in [1.165, 1.54) is 12.1 Å². The molecule has 0 saturated carbocycles. The summed E-state index contributed by atoms with van der Waals surface area (Å²) in [4.78, 5) is 11.3. The lowest BCUT2D eigenvalue weighted by atomic mass is 10.1. The van der Waals surface area contributed by atoms with Crippen molar-refractivity contribution in [2.24, 2.45) is 0 Å². The zero-order chi connectivity index (χ0) is 15.9. The van der Waals surface area contributed by atoms with Gasteiger partial charge in [-0.1, -0.05) is 12.1 Å². The first-order valence-corrected chi connectivity index (χ1v) is 7.00. The Labute approximate surface area is 132 Å². The summed E-state index contributed by atoms with van der Waals surface area (Å²) in [7, 11) is 0. The van der Waals surface area contributed by atoms with Crippen molar-refractivity contribution in [1.82, 2.24) is 15.5 Å². The second kappa shape index (κ2) is 7.51. The molecule has 2 rings (SSSR count). The number of H-pyrrole nitrogens is 1. The molecule has 3 N–H and O–H groups in total. The number of halogens is 1. The number of amides is 1. The molecule has 0 radical (unpaired) electrons. The van der Waals surface area contributed by atoms with E-state index < -0.39 is 6.09 Å². The highest BCUT2D eigenvalue weighted by Crippen LogP contribution is 2.16. The number of aromatic nitrogens is 2. The fourth-order valence-corrected chi connectivity index (χ4v) is 1.97. The molecular formula is C14H15FN4O2S. The Morgan fingerprint density at radius 3 is 2.82 bits per heavy atom. The van der Waals surface area contributed by atoms with Crippen molar-refractivity contribution in [2.75, 3.05) is 11.9 Å². The molecule has 0 spiro atoms. The number of nitrogens with one attached hydrogen (secondary N) is 3. The number of ether oxygens (including phenoxy) is 1. The SMILES string of the molecule is CCOC(=O)NC(=S)Nc1[nH]ncc1Cc1ccc(F)cc1. The number of thiocarbonyl (C=S) groups is 1. The van der Waals surface area contributed by atoms with E-state index in [-0.39, 0.29) is 17.5 Å². The average molecular weight is 322 g/mol. The van der Waals surface area contributed by atoms with Crippen LogP contribution in [0.1, 0.15) is 18.1 Å². The molecule has 22 heavy (non-hydrogen) atoms. The molecule has 0 atom stereocenters. The lowest BCUT2D eigenvalue weighted by molar-refractivity contribution is 0.158. The summed E-state index contributed by atoms with van der Waals surface area (Å²) in [5.74, 6) is 0.278. The lowest BCUT2D eigenvalue weighted by Gasteiger charge is -2.09. The van der Waals surface area contributed by atoms with Crippen LogP contribution in [0.5, 0.6) is 0 Å². The van der Waals surface area contributed by atoms with Crippen LogP contribution in [0, 0.1) is 5.82 Å².